The first-order valence-electron chi connectivity index (χ1n) is 8.20. The maximum absolute atomic E-state index is 12.5. The lowest BCUT2D eigenvalue weighted by atomic mass is 10.00. The maximum atomic E-state index is 12.5. The van der Waals surface area contributed by atoms with E-state index in [1.54, 1.807) is 6.07 Å². The standard InChI is InChI=1S/C21H22O3/c1-3-5-6-12-17(4-2)24-21(23)15-20(22)19-14-9-11-16-10-7-8-13-18(16)19/h4,7-14H,2-3,5-6,15H2,1H3. The van der Waals surface area contributed by atoms with Gasteiger partial charge in [0.25, 0.3) is 0 Å². The summed E-state index contributed by atoms with van der Waals surface area (Å²) in [6.07, 6.45) is 5.94. The number of esters is 1. The monoisotopic (exact) mass is 322 g/mol. The molecule has 0 aliphatic rings. The van der Waals surface area contributed by atoms with Crippen molar-refractivity contribution in [2.24, 2.45) is 0 Å². The van der Waals surface area contributed by atoms with Gasteiger partial charge in [-0.2, -0.15) is 0 Å². The minimum absolute atomic E-state index is 0.242. The topological polar surface area (TPSA) is 43.4 Å². The van der Waals surface area contributed by atoms with Crippen LogP contribution < -0.4 is 0 Å². The first-order valence-corrected chi connectivity index (χ1v) is 8.20. The van der Waals surface area contributed by atoms with Crippen LogP contribution in [0.1, 0.15) is 43.0 Å². The molecule has 0 N–H and O–H groups in total. The van der Waals surface area contributed by atoms with Crippen molar-refractivity contribution in [3.63, 3.8) is 0 Å². The average molecular weight is 322 g/mol. The molecule has 0 fully saturated rings. The van der Waals surface area contributed by atoms with E-state index in [0.29, 0.717) is 11.3 Å². The largest absolute Gasteiger partial charge is 0.427 e. The molecule has 0 unspecified atom stereocenters. The van der Waals surface area contributed by atoms with E-state index < -0.39 is 5.97 Å². The van der Waals surface area contributed by atoms with Crippen molar-refractivity contribution in [1.82, 2.24) is 0 Å². The zero-order chi connectivity index (χ0) is 17.4. The Morgan fingerprint density at radius 3 is 2.62 bits per heavy atom. The number of allylic oxidation sites excluding steroid dienone is 2. The Morgan fingerprint density at radius 2 is 1.88 bits per heavy atom. The van der Waals surface area contributed by atoms with Gasteiger partial charge in [-0.1, -0.05) is 62.4 Å². The van der Waals surface area contributed by atoms with Crippen molar-refractivity contribution in [3.8, 4) is 0 Å². The number of carbonyl (C=O) groups excluding carboxylic acids is 2. The molecule has 0 spiro atoms. The van der Waals surface area contributed by atoms with E-state index in [1.165, 1.54) is 6.08 Å². The number of benzene rings is 2. The summed E-state index contributed by atoms with van der Waals surface area (Å²) < 4.78 is 5.23. The SMILES string of the molecule is C=CC(=CCCCC)OC(=O)CC(=O)c1cccc2ccccc12. The summed E-state index contributed by atoms with van der Waals surface area (Å²) in [5.41, 5.74) is 0.542. The molecule has 0 aromatic heterocycles. The van der Waals surface area contributed by atoms with E-state index in [0.717, 1.165) is 30.0 Å². The van der Waals surface area contributed by atoms with Gasteiger partial charge < -0.3 is 4.74 Å². The molecule has 124 valence electrons. The quantitative estimate of drug-likeness (QED) is 0.167. The van der Waals surface area contributed by atoms with Crippen molar-refractivity contribution in [2.45, 2.75) is 32.6 Å². The molecule has 0 radical (unpaired) electrons. The van der Waals surface area contributed by atoms with Crippen LogP contribution in [0.2, 0.25) is 0 Å². The molecular weight excluding hydrogens is 300 g/mol. The fraction of sp³-hybridized carbons (Fsp3) is 0.238. The summed E-state index contributed by atoms with van der Waals surface area (Å²) >= 11 is 0. The second kappa shape index (κ2) is 8.82. The highest BCUT2D eigenvalue weighted by molar-refractivity contribution is 6.13. The first kappa shape index (κ1) is 17.7. The average Bonchev–Trinajstić information content (AvgIpc) is 2.60. The van der Waals surface area contributed by atoms with Crippen molar-refractivity contribution < 1.29 is 14.3 Å². The number of unbranched alkanes of at least 4 members (excludes halogenated alkanes) is 2. The van der Waals surface area contributed by atoms with Crippen LogP contribution in [0, 0.1) is 0 Å². The molecule has 2 rings (SSSR count). The number of Topliss-reactive ketones (excluding diaryl/α,β-unsaturated/α-hetero) is 1. The third kappa shape index (κ3) is 4.66. The maximum Gasteiger partial charge on any atom is 0.319 e. The minimum atomic E-state index is -0.560. The van der Waals surface area contributed by atoms with Crippen molar-refractivity contribution >= 4 is 22.5 Å². The van der Waals surface area contributed by atoms with Gasteiger partial charge in [0.15, 0.2) is 5.78 Å². The Labute approximate surface area is 142 Å². The fourth-order valence-corrected chi connectivity index (χ4v) is 2.48. The number of ether oxygens (including phenoxy) is 1. The summed E-state index contributed by atoms with van der Waals surface area (Å²) in [5, 5.41) is 1.82. The number of carbonyl (C=O) groups is 2. The summed E-state index contributed by atoms with van der Waals surface area (Å²) in [6.45, 7) is 5.73. The molecule has 2 aromatic carbocycles. The second-order valence-corrected chi connectivity index (χ2v) is 5.55. The Bertz CT molecular complexity index is 766. The predicted molar refractivity (Wildman–Crippen MR) is 96.8 cm³/mol. The molecule has 0 aliphatic heterocycles. The highest BCUT2D eigenvalue weighted by Crippen LogP contribution is 2.20. The zero-order valence-corrected chi connectivity index (χ0v) is 14.0. The second-order valence-electron chi connectivity index (χ2n) is 5.55. The van der Waals surface area contributed by atoms with Gasteiger partial charge in [-0.05, 0) is 35.8 Å². The number of ketones is 1. The van der Waals surface area contributed by atoms with Crippen LogP contribution in [0.4, 0.5) is 0 Å². The lowest BCUT2D eigenvalue weighted by Crippen LogP contribution is -2.11. The Morgan fingerprint density at radius 1 is 1.12 bits per heavy atom. The summed E-state index contributed by atoms with van der Waals surface area (Å²) in [5.74, 6) is -0.386. The molecule has 0 heterocycles. The Kier molecular flexibility index (Phi) is 6.50. The predicted octanol–water partition coefficient (Wildman–Crippen LogP) is 5.22. The van der Waals surface area contributed by atoms with Gasteiger partial charge in [0, 0.05) is 5.56 Å². The third-order valence-corrected chi connectivity index (χ3v) is 3.73. The van der Waals surface area contributed by atoms with Crippen LogP contribution >= 0.6 is 0 Å². The number of hydrogen-bond acceptors (Lipinski definition) is 3. The summed E-state index contributed by atoms with van der Waals surface area (Å²) in [6, 6.07) is 13.1. The highest BCUT2D eigenvalue weighted by Gasteiger charge is 2.16. The van der Waals surface area contributed by atoms with Gasteiger partial charge in [-0.15, -0.1) is 0 Å². The highest BCUT2D eigenvalue weighted by atomic mass is 16.5. The molecule has 0 bridgehead atoms. The van der Waals surface area contributed by atoms with Gasteiger partial charge in [-0.25, -0.2) is 0 Å². The van der Waals surface area contributed by atoms with E-state index >= 15 is 0 Å². The number of fused-ring (bicyclic) bond motifs is 1. The number of rotatable bonds is 8. The Hall–Kier alpha value is -2.68. The Balaban J connectivity index is 2.07. The van der Waals surface area contributed by atoms with E-state index in [1.807, 2.05) is 42.5 Å². The summed E-state index contributed by atoms with van der Waals surface area (Å²) in [7, 11) is 0. The zero-order valence-electron chi connectivity index (χ0n) is 14.0. The third-order valence-electron chi connectivity index (χ3n) is 3.73. The fourth-order valence-electron chi connectivity index (χ4n) is 2.48. The van der Waals surface area contributed by atoms with Gasteiger partial charge >= 0.3 is 5.97 Å². The molecular formula is C21H22O3. The molecule has 3 heteroatoms. The van der Waals surface area contributed by atoms with Gasteiger partial charge in [0.2, 0.25) is 0 Å². The van der Waals surface area contributed by atoms with Crippen molar-refractivity contribution in [2.75, 3.05) is 0 Å². The van der Waals surface area contributed by atoms with Crippen molar-refractivity contribution in [3.05, 3.63) is 72.5 Å². The van der Waals surface area contributed by atoms with E-state index in [9.17, 15) is 9.59 Å². The van der Waals surface area contributed by atoms with Gasteiger partial charge in [-0.3, -0.25) is 9.59 Å². The summed E-state index contributed by atoms with van der Waals surface area (Å²) in [4.78, 5) is 24.5. The van der Waals surface area contributed by atoms with E-state index in [4.69, 9.17) is 4.74 Å². The molecule has 3 nitrogen and oxygen atoms in total. The lowest BCUT2D eigenvalue weighted by Gasteiger charge is -2.07. The normalized spacial score (nSPS) is 11.3. The molecule has 0 aliphatic carbocycles. The number of hydrogen-bond donors (Lipinski definition) is 0. The van der Waals surface area contributed by atoms with Crippen molar-refractivity contribution in [1.29, 1.82) is 0 Å². The molecule has 2 aromatic rings. The smallest absolute Gasteiger partial charge is 0.319 e. The van der Waals surface area contributed by atoms with Gasteiger partial charge in [0.05, 0.1) is 0 Å². The van der Waals surface area contributed by atoms with Crippen LogP contribution in [0.25, 0.3) is 10.8 Å². The molecule has 0 saturated heterocycles. The molecule has 0 saturated carbocycles. The first-order chi connectivity index (χ1) is 11.7. The molecule has 24 heavy (non-hydrogen) atoms. The minimum Gasteiger partial charge on any atom is -0.427 e. The van der Waals surface area contributed by atoms with Gasteiger partial charge in [0.1, 0.15) is 12.2 Å². The molecule has 0 amide bonds. The van der Waals surface area contributed by atoms with Crippen LogP contribution in [0.15, 0.2) is 67.0 Å². The van der Waals surface area contributed by atoms with E-state index in [2.05, 4.69) is 13.5 Å². The van der Waals surface area contributed by atoms with Crippen LogP contribution in [-0.2, 0) is 9.53 Å². The van der Waals surface area contributed by atoms with Crippen LogP contribution in [0.3, 0.4) is 0 Å². The lowest BCUT2D eigenvalue weighted by molar-refractivity contribution is -0.137. The van der Waals surface area contributed by atoms with Crippen LogP contribution in [-0.4, -0.2) is 11.8 Å². The molecule has 0 atom stereocenters. The van der Waals surface area contributed by atoms with E-state index in [-0.39, 0.29) is 12.2 Å². The van der Waals surface area contributed by atoms with Crippen LogP contribution in [0.5, 0.6) is 0 Å².